The number of nitrogens with zero attached hydrogens (tertiary/aromatic N) is 2. The lowest BCUT2D eigenvalue weighted by Gasteiger charge is -2.62. The fraction of sp³-hybridized carbons (Fsp3) is 0.500. The first-order valence-electron chi connectivity index (χ1n) is 14.2. The molecule has 0 saturated carbocycles. The second kappa shape index (κ2) is 10.2. The molecule has 14 heteroatoms. The Morgan fingerprint density at radius 2 is 1.77 bits per heavy atom. The van der Waals surface area contributed by atoms with Crippen LogP contribution in [0.5, 0.6) is 17.2 Å². The number of likely N-dealkylation sites (N-methyl/N-ethyl adjacent to an activating group) is 1. The zero-order valence-electron chi connectivity index (χ0n) is 24.6. The van der Waals surface area contributed by atoms with Crippen molar-refractivity contribution in [3.8, 4) is 17.2 Å². The largest absolute Gasteiger partial charge is 0.492 e. The summed E-state index contributed by atoms with van der Waals surface area (Å²) in [7, 11) is 3.13. The molecular weight excluding hydrogens is 596 g/mol. The van der Waals surface area contributed by atoms with Crippen molar-refractivity contribution < 1.29 is 52.8 Å². The number of methoxy groups -OCH3 is 1. The number of thioether (sulfide) groups is 1. The third kappa shape index (κ3) is 3.80. The minimum absolute atomic E-state index is 0.0414. The summed E-state index contributed by atoms with van der Waals surface area (Å²) in [4.78, 5) is 69.4. The van der Waals surface area contributed by atoms with Crippen molar-refractivity contribution in [1.29, 1.82) is 0 Å². The molecule has 2 fully saturated rings. The Hall–Kier alpha value is -3.72. The number of carbonyl (C=O) groups excluding carboxylic acids is 5. The molecule has 1 unspecified atom stereocenters. The van der Waals surface area contributed by atoms with Crippen molar-refractivity contribution in [2.24, 2.45) is 0 Å². The smallest absolute Gasteiger partial charge is 0.375 e. The number of rotatable bonds is 2. The molecule has 5 aliphatic heterocycles. The quantitative estimate of drug-likeness (QED) is 0.215. The molecule has 13 nitrogen and oxygen atoms in total. The van der Waals surface area contributed by atoms with Gasteiger partial charge in [-0.3, -0.25) is 29.0 Å². The van der Waals surface area contributed by atoms with Crippen LogP contribution < -0.4 is 14.2 Å². The maximum Gasteiger partial charge on any atom is 0.375 e. The molecule has 232 valence electrons. The zero-order valence-corrected chi connectivity index (χ0v) is 25.4. The predicted octanol–water partition coefficient (Wildman–Crippen LogP) is 1.05. The molecule has 4 bridgehead atoms. The van der Waals surface area contributed by atoms with Gasteiger partial charge in [0.05, 0.1) is 36.2 Å². The summed E-state index contributed by atoms with van der Waals surface area (Å²) in [5.74, 6) is -2.48. The Bertz CT molecular complexity index is 1650. The third-order valence-electron chi connectivity index (χ3n) is 9.52. The van der Waals surface area contributed by atoms with E-state index < -0.39 is 59.2 Å². The number of fused-ring (bicyclic) bond motifs is 8. The number of aliphatic hydroxyl groups excluding tert-OH is 1. The minimum atomic E-state index is -1.20. The number of benzene rings is 1. The average Bonchev–Trinajstić information content (AvgIpc) is 3.48. The van der Waals surface area contributed by atoms with Crippen LogP contribution in [0.2, 0.25) is 0 Å². The molecule has 5 heterocycles. The number of Topliss-reactive ketones (excluding diaryl/α,β-unsaturated/α-hetero) is 3. The number of hydrogen-bond acceptors (Lipinski definition) is 14. The average molecular weight is 627 g/mol. The molecule has 1 aromatic rings. The molecule has 2 saturated heterocycles. The number of piperazine rings is 1. The number of esters is 2. The van der Waals surface area contributed by atoms with Crippen LogP contribution in [-0.2, 0) is 33.4 Å². The van der Waals surface area contributed by atoms with Crippen LogP contribution in [-0.4, -0.2) is 102 Å². The van der Waals surface area contributed by atoms with Crippen LogP contribution in [0.25, 0.3) is 0 Å². The van der Waals surface area contributed by atoms with Crippen LogP contribution in [0.1, 0.15) is 48.3 Å². The molecule has 1 aromatic carbocycles. The predicted molar refractivity (Wildman–Crippen MR) is 151 cm³/mol. The highest BCUT2D eigenvalue weighted by molar-refractivity contribution is 8.00. The van der Waals surface area contributed by atoms with Crippen LogP contribution in [0.15, 0.2) is 22.5 Å². The molecular formula is C30H30N2O11S. The Morgan fingerprint density at radius 3 is 2.48 bits per heavy atom. The van der Waals surface area contributed by atoms with Crippen LogP contribution >= 0.6 is 11.8 Å². The first kappa shape index (κ1) is 29.0. The number of allylic oxidation sites excluding steroid dienone is 2. The second-order valence-corrected chi connectivity index (χ2v) is 12.8. The molecule has 0 spiro atoms. The highest BCUT2D eigenvalue weighted by Crippen LogP contribution is 2.61. The maximum atomic E-state index is 14.1. The molecule has 1 aliphatic carbocycles. The molecule has 0 amide bonds. The number of ketones is 3. The van der Waals surface area contributed by atoms with Crippen molar-refractivity contribution >= 4 is 41.1 Å². The topological polar surface area (TPSA) is 158 Å². The van der Waals surface area contributed by atoms with Gasteiger partial charge < -0.3 is 28.8 Å². The summed E-state index contributed by atoms with van der Waals surface area (Å²) in [5.41, 5.74) is 2.31. The molecule has 0 radical (unpaired) electrons. The SMILES string of the molecule is COC1=C(C)C(=O)C2=C(C1=O)[C@@H]1C3[C@@H]4SCC(=O)C(=O)OC[C@H](c5c6c(c(C)c(OC(C)=O)c54)OCO6)N3[C@@H](O)[C@@H](C2)N1C. The first-order chi connectivity index (χ1) is 21.0. The lowest BCUT2D eigenvalue weighted by molar-refractivity contribution is -0.179. The van der Waals surface area contributed by atoms with Gasteiger partial charge in [0.2, 0.25) is 18.4 Å². The van der Waals surface area contributed by atoms with Crippen molar-refractivity contribution in [3.63, 3.8) is 0 Å². The molecule has 0 aromatic heterocycles. The van der Waals surface area contributed by atoms with Crippen molar-refractivity contribution in [1.82, 2.24) is 9.80 Å². The molecule has 1 N–H and O–H groups in total. The molecule has 6 atom stereocenters. The number of hydrogen-bond donors (Lipinski definition) is 1. The van der Waals surface area contributed by atoms with Crippen LogP contribution in [0.4, 0.5) is 0 Å². The van der Waals surface area contributed by atoms with Gasteiger partial charge in [-0.1, -0.05) is 0 Å². The van der Waals surface area contributed by atoms with Crippen LogP contribution in [0, 0.1) is 6.92 Å². The molecule has 7 rings (SSSR count). The van der Waals surface area contributed by atoms with E-state index in [0.29, 0.717) is 33.8 Å². The first-order valence-corrected chi connectivity index (χ1v) is 15.2. The number of aliphatic hydroxyl groups is 1. The minimum Gasteiger partial charge on any atom is -0.492 e. The summed E-state index contributed by atoms with van der Waals surface area (Å²) in [6.07, 6.45) is -1.09. The maximum absolute atomic E-state index is 14.1. The summed E-state index contributed by atoms with van der Waals surface area (Å²) >= 11 is 1.11. The van der Waals surface area contributed by atoms with Crippen molar-refractivity contribution in [2.75, 3.05) is 33.3 Å². The van der Waals surface area contributed by atoms with E-state index in [1.807, 2.05) is 4.90 Å². The Morgan fingerprint density at radius 1 is 1.05 bits per heavy atom. The number of ether oxygens (including phenoxy) is 5. The lowest BCUT2D eigenvalue weighted by atomic mass is 9.70. The highest BCUT2D eigenvalue weighted by Gasteiger charge is 2.62. The Labute approximate surface area is 256 Å². The van der Waals surface area contributed by atoms with Gasteiger partial charge in [-0.25, -0.2) is 4.79 Å². The Kier molecular flexibility index (Phi) is 6.70. The summed E-state index contributed by atoms with van der Waals surface area (Å²) < 4.78 is 28.5. The van der Waals surface area contributed by atoms with E-state index >= 15 is 0 Å². The van der Waals surface area contributed by atoms with E-state index in [4.69, 9.17) is 23.7 Å². The summed E-state index contributed by atoms with van der Waals surface area (Å²) in [6.45, 7) is 4.10. The molecule has 6 aliphatic rings. The van der Waals surface area contributed by atoms with Gasteiger partial charge in [0.15, 0.2) is 23.0 Å². The van der Waals surface area contributed by atoms with Gasteiger partial charge in [-0.15, -0.1) is 11.8 Å². The van der Waals surface area contributed by atoms with E-state index in [0.717, 1.165) is 11.8 Å². The van der Waals surface area contributed by atoms with Gasteiger partial charge in [-0.05, 0) is 27.3 Å². The second-order valence-electron chi connectivity index (χ2n) is 11.7. The van der Waals surface area contributed by atoms with Gasteiger partial charge in [0.25, 0.3) is 0 Å². The monoisotopic (exact) mass is 626 g/mol. The van der Waals surface area contributed by atoms with E-state index in [9.17, 15) is 29.1 Å². The van der Waals surface area contributed by atoms with E-state index in [1.54, 1.807) is 25.8 Å². The van der Waals surface area contributed by atoms with Gasteiger partial charge >= 0.3 is 11.9 Å². The van der Waals surface area contributed by atoms with Gasteiger partial charge in [0, 0.05) is 46.4 Å². The van der Waals surface area contributed by atoms with Crippen LogP contribution in [0.3, 0.4) is 0 Å². The third-order valence-corrected chi connectivity index (χ3v) is 10.8. The summed E-state index contributed by atoms with van der Waals surface area (Å²) in [6, 6.07) is -3.01. The lowest BCUT2D eigenvalue weighted by Crippen LogP contribution is -2.73. The summed E-state index contributed by atoms with van der Waals surface area (Å²) in [5, 5.41) is 11.4. The Balaban J connectivity index is 1.53. The fourth-order valence-electron chi connectivity index (χ4n) is 7.71. The zero-order chi connectivity index (χ0) is 31.4. The van der Waals surface area contributed by atoms with E-state index in [2.05, 4.69) is 0 Å². The molecule has 44 heavy (non-hydrogen) atoms. The fourth-order valence-corrected chi connectivity index (χ4v) is 9.05. The standard InChI is InChI=1S/C30H30N2O11S/c1-10-22(35)13-6-14-29(37)32-15-7-40-30(38)16(34)8-44-28(21(32)20(31(14)4)17(13)23(36)25(10)39-5)19-18(15)27-26(41-9-42-27)11(2)24(19)43-12(3)33/h14-15,20-21,28-29,37H,6-9H2,1-5H3/t14-,15-,20-,21?,28-,29+/m1/s1. The number of cyclic esters (lactones) is 1. The van der Waals surface area contributed by atoms with Crippen molar-refractivity contribution in [2.45, 2.75) is 62.8 Å². The van der Waals surface area contributed by atoms with Gasteiger partial charge in [0.1, 0.15) is 18.6 Å². The normalized spacial score (nSPS) is 31.4. The van der Waals surface area contributed by atoms with Gasteiger partial charge in [-0.2, -0.15) is 0 Å². The highest BCUT2D eigenvalue weighted by atomic mass is 32.2. The van der Waals surface area contributed by atoms with E-state index in [-0.39, 0.29) is 54.0 Å². The van der Waals surface area contributed by atoms with E-state index in [1.165, 1.54) is 14.0 Å². The number of carbonyl (C=O) groups is 5. The van der Waals surface area contributed by atoms with Crippen molar-refractivity contribution in [3.05, 3.63) is 39.2 Å².